The molecular weight excluding hydrogens is 128 g/mol. The number of rotatable bonds is 4. The third-order valence-corrected chi connectivity index (χ3v) is 1.25. The summed E-state index contributed by atoms with van der Waals surface area (Å²) in [7, 11) is 1.91. The Kier molecular flexibility index (Phi) is 4.94. The lowest BCUT2D eigenvalue weighted by molar-refractivity contribution is -0.119. The summed E-state index contributed by atoms with van der Waals surface area (Å²) < 4.78 is 0. The quantitative estimate of drug-likeness (QED) is 0.582. The van der Waals surface area contributed by atoms with E-state index in [0.29, 0.717) is 5.92 Å². The zero-order chi connectivity index (χ0) is 7.98. The molecule has 0 rings (SSSR count). The number of amides is 1. The molecule has 0 saturated carbocycles. The molecule has 0 radical (unpaired) electrons. The highest BCUT2D eigenvalue weighted by molar-refractivity contribution is 5.72. The maximum absolute atomic E-state index is 10.4. The smallest absolute Gasteiger partial charge is 0.216 e. The van der Waals surface area contributed by atoms with E-state index < -0.39 is 0 Å². The molecule has 0 aromatic heterocycles. The van der Waals surface area contributed by atoms with Crippen molar-refractivity contribution in [3.8, 4) is 0 Å². The molecule has 0 spiro atoms. The molecule has 0 aromatic carbocycles. The lowest BCUT2D eigenvalue weighted by atomic mass is 10.2. The minimum Gasteiger partial charge on any atom is -0.356 e. The Bertz CT molecular complexity index is 104. The van der Waals surface area contributed by atoms with E-state index in [4.69, 9.17) is 0 Å². The van der Waals surface area contributed by atoms with Gasteiger partial charge in [-0.3, -0.25) is 4.79 Å². The van der Waals surface area contributed by atoms with Crippen LogP contribution in [0.25, 0.3) is 0 Å². The van der Waals surface area contributed by atoms with Crippen molar-refractivity contribution in [3.63, 3.8) is 0 Å². The number of nitrogens with one attached hydrogen (secondary N) is 2. The van der Waals surface area contributed by atoms with E-state index in [1.807, 2.05) is 7.05 Å². The minimum atomic E-state index is 0.0444. The van der Waals surface area contributed by atoms with Crippen LogP contribution in [0.2, 0.25) is 0 Å². The van der Waals surface area contributed by atoms with Gasteiger partial charge in [-0.05, 0) is 19.5 Å². The summed E-state index contributed by atoms with van der Waals surface area (Å²) in [6.45, 7) is 5.33. The second-order valence-corrected chi connectivity index (χ2v) is 2.60. The van der Waals surface area contributed by atoms with Gasteiger partial charge in [-0.25, -0.2) is 0 Å². The van der Waals surface area contributed by atoms with Crippen molar-refractivity contribution in [2.75, 3.05) is 20.1 Å². The van der Waals surface area contributed by atoms with Crippen molar-refractivity contribution >= 4 is 5.91 Å². The molecule has 0 bridgehead atoms. The molecule has 0 unspecified atom stereocenters. The molecule has 3 heteroatoms. The van der Waals surface area contributed by atoms with Gasteiger partial charge in [-0.2, -0.15) is 0 Å². The van der Waals surface area contributed by atoms with Crippen LogP contribution in [-0.2, 0) is 4.79 Å². The van der Waals surface area contributed by atoms with Crippen LogP contribution in [0.5, 0.6) is 0 Å². The monoisotopic (exact) mass is 144 g/mol. The molecule has 0 aliphatic carbocycles. The summed E-state index contributed by atoms with van der Waals surface area (Å²) in [6, 6.07) is 0. The van der Waals surface area contributed by atoms with Crippen molar-refractivity contribution in [3.05, 3.63) is 0 Å². The van der Waals surface area contributed by atoms with Gasteiger partial charge in [0.2, 0.25) is 5.91 Å². The van der Waals surface area contributed by atoms with Gasteiger partial charge in [-0.1, -0.05) is 6.92 Å². The second kappa shape index (κ2) is 5.23. The van der Waals surface area contributed by atoms with Crippen LogP contribution in [0.3, 0.4) is 0 Å². The van der Waals surface area contributed by atoms with E-state index in [1.165, 1.54) is 6.92 Å². The Morgan fingerprint density at radius 1 is 1.50 bits per heavy atom. The molecule has 0 aliphatic rings. The first-order valence-electron chi connectivity index (χ1n) is 3.56. The van der Waals surface area contributed by atoms with Crippen LogP contribution in [0.1, 0.15) is 13.8 Å². The molecule has 60 valence electrons. The number of hydrogen-bond donors (Lipinski definition) is 2. The van der Waals surface area contributed by atoms with Crippen molar-refractivity contribution < 1.29 is 4.79 Å². The van der Waals surface area contributed by atoms with Gasteiger partial charge in [0.05, 0.1) is 0 Å². The fourth-order valence-corrected chi connectivity index (χ4v) is 0.739. The summed E-state index contributed by atoms with van der Waals surface area (Å²) in [5, 5.41) is 5.79. The van der Waals surface area contributed by atoms with Gasteiger partial charge in [0.15, 0.2) is 0 Å². The molecule has 0 saturated heterocycles. The van der Waals surface area contributed by atoms with Crippen LogP contribution in [-0.4, -0.2) is 26.0 Å². The van der Waals surface area contributed by atoms with E-state index >= 15 is 0 Å². The van der Waals surface area contributed by atoms with Gasteiger partial charge in [-0.15, -0.1) is 0 Å². The second-order valence-electron chi connectivity index (χ2n) is 2.60. The van der Waals surface area contributed by atoms with Crippen LogP contribution < -0.4 is 10.6 Å². The molecule has 2 N–H and O–H groups in total. The first-order valence-corrected chi connectivity index (χ1v) is 3.56. The maximum atomic E-state index is 10.4. The van der Waals surface area contributed by atoms with Crippen molar-refractivity contribution in [2.24, 2.45) is 5.92 Å². The molecule has 1 amide bonds. The Morgan fingerprint density at radius 3 is 2.50 bits per heavy atom. The van der Waals surface area contributed by atoms with Gasteiger partial charge in [0, 0.05) is 13.5 Å². The van der Waals surface area contributed by atoms with E-state index in [1.54, 1.807) is 0 Å². The lowest BCUT2D eigenvalue weighted by Gasteiger charge is -2.09. The van der Waals surface area contributed by atoms with Gasteiger partial charge >= 0.3 is 0 Å². The predicted octanol–water partition coefficient (Wildman–Crippen LogP) is -0.0220. The largest absolute Gasteiger partial charge is 0.356 e. The number of carbonyl (C=O) groups is 1. The first-order chi connectivity index (χ1) is 4.66. The van der Waals surface area contributed by atoms with Crippen molar-refractivity contribution in [1.82, 2.24) is 10.6 Å². The van der Waals surface area contributed by atoms with Crippen molar-refractivity contribution in [2.45, 2.75) is 13.8 Å². The highest BCUT2D eigenvalue weighted by Crippen LogP contribution is 1.87. The van der Waals surface area contributed by atoms with E-state index in [2.05, 4.69) is 17.6 Å². The third kappa shape index (κ3) is 5.56. The normalized spacial score (nSPS) is 12.7. The average Bonchev–Trinajstić information content (AvgIpc) is 1.85. The van der Waals surface area contributed by atoms with Crippen LogP contribution >= 0.6 is 0 Å². The summed E-state index contributed by atoms with van der Waals surface area (Å²) in [5.74, 6) is 0.553. The summed E-state index contributed by atoms with van der Waals surface area (Å²) in [4.78, 5) is 10.4. The molecule has 1 atom stereocenters. The zero-order valence-electron chi connectivity index (χ0n) is 6.90. The standard InChI is InChI=1S/C7H16N2O/c1-6(4-8-3)5-9-7(2)10/h6,8H,4-5H2,1-3H3,(H,9,10)/t6-/m0/s1. The average molecular weight is 144 g/mol. The molecule has 0 heterocycles. The molecule has 10 heavy (non-hydrogen) atoms. The number of hydrogen-bond acceptors (Lipinski definition) is 2. The summed E-state index contributed by atoms with van der Waals surface area (Å²) >= 11 is 0. The van der Waals surface area contributed by atoms with Crippen LogP contribution in [0.15, 0.2) is 0 Å². The molecule has 0 aromatic rings. The molecular formula is C7H16N2O. The van der Waals surface area contributed by atoms with Gasteiger partial charge in [0.1, 0.15) is 0 Å². The fraction of sp³-hybridized carbons (Fsp3) is 0.857. The zero-order valence-corrected chi connectivity index (χ0v) is 6.90. The minimum absolute atomic E-state index is 0.0444. The SMILES string of the molecule is CNC[C@H](C)CNC(C)=O. The van der Waals surface area contributed by atoms with E-state index in [9.17, 15) is 4.79 Å². The Hall–Kier alpha value is -0.570. The van der Waals surface area contributed by atoms with E-state index in [0.717, 1.165) is 13.1 Å². The van der Waals surface area contributed by atoms with E-state index in [-0.39, 0.29) is 5.91 Å². The molecule has 0 fully saturated rings. The predicted molar refractivity (Wildman–Crippen MR) is 41.8 cm³/mol. The Balaban J connectivity index is 3.21. The molecule has 0 aliphatic heterocycles. The topological polar surface area (TPSA) is 41.1 Å². The van der Waals surface area contributed by atoms with Gasteiger partial charge in [0.25, 0.3) is 0 Å². The Morgan fingerprint density at radius 2 is 2.10 bits per heavy atom. The third-order valence-electron chi connectivity index (χ3n) is 1.25. The Labute approximate surface area is 62.2 Å². The van der Waals surface area contributed by atoms with Crippen molar-refractivity contribution in [1.29, 1.82) is 0 Å². The van der Waals surface area contributed by atoms with Gasteiger partial charge < -0.3 is 10.6 Å². The summed E-state index contributed by atoms with van der Waals surface area (Å²) in [5.41, 5.74) is 0. The van der Waals surface area contributed by atoms with Crippen LogP contribution in [0, 0.1) is 5.92 Å². The fourth-order valence-electron chi connectivity index (χ4n) is 0.739. The van der Waals surface area contributed by atoms with Crippen LogP contribution in [0.4, 0.5) is 0 Å². The first kappa shape index (κ1) is 9.43. The number of carbonyl (C=O) groups excluding carboxylic acids is 1. The highest BCUT2D eigenvalue weighted by Gasteiger charge is 1.99. The molecule has 3 nitrogen and oxygen atoms in total. The lowest BCUT2D eigenvalue weighted by Crippen LogP contribution is -2.30. The highest BCUT2D eigenvalue weighted by atomic mass is 16.1. The maximum Gasteiger partial charge on any atom is 0.216 e. The summed E-state index contributed by atoms with van der Waals surface area (Å²) in [6.07, 6.45) is 0.